The van der Waals surface area contributed by atoms with Crippen LogP contribution in [0.4, 0.5) is 11.4 Å². The number of nitrogens with two attached hydrogens (primary N) is 1. The molecule has 0 unspecified atom stereocenters. The van der Waals surface area contributed by atoms with Gasteiger partial charge in [0.05, 0.1) is 22.2 Å². The molecule has 0 saturated carbocycles. The summed E-state index contributed by atoms with van der Waals surface area (Å²) in [4.78, 5) is 24.1. The van der Waals surface area contributed by atoms with Crippen molar-refractivity contribution in [1.29, 1.82) is 0 Å². The predicted molar refractivity (Wildman–Crippen MR) is 137 cm³/mol. The maximum Gasteiger partial charge on any atom is 0.341 e. The number of amides is 1. The number of nitrogens with one attached hydrogen (secondary N) is 2. The Morgan fingerprint density at radius 1 is 1.03 bits per heavy atom. The third-order valence-electron chi connectivity index (χ3n) is 4.92. The van der Waals surface area contributed by atoms with Gasteiger partial charge in [0.15, 0.2) is 18.1 Å². The van der Waals surface area contributed by atoms with Gasteiger partial charge in [0.25, 0.3) is 5.91 Å². The normalized spacial score (nSPS) is 10.5. The van der Waals surface area contributed by atoms with Gasteiger partial charge in [0, 0.05) is 30.0 Å². The number of hydrogen-bond acceptors (Lipinski definition) is 6. The summed E-state index contributed by atoms with van der Waals surface area (Å²) in [7, 11) is 0. The molecule has 10 heteroatoms. The molecule has 0 atom stereocenters. The largest absolute Gasteiger partial charge is 0.490 e. The second-order valence-corrected chi connectivity index (χ2v) is 8.19. The molecule has 0 aliphatic carbocycles. The second-order valence-electron chi connectivity index (χ2n) is 7.38. The van der Waals surface area contributed by atoms with Crippen molar-refractivity contribution in [2.24, 2.45) is 5.73 Å². The Labute approximate surface area is 212 Å². The van der Waals surface area contributed by atoms with Gasteiger partial charge in [-0.05, 0) is 42.8 Å². The van der Waals surface area contributed by atoms with E-state index in [1.54, 1.807) is 36.4 Å². The quantitative estimate of drug-likeness (QED) is 0.276. The summed E-state index contributed by atoms with van der Waals surface area (Å²) in [6.07, 6.45) is 0. The van der Waals surface area contributed by atoms with Gasteiger partial charge in [-0.2, -0.15) is 0 Å². The Hall–Kier alpha value is -3.46. The van der Waals surface area contributed by atoms with E-state index >= 15 is 0 Å². The minimum Gasteiger partial charge on any atom is -0.490 e. The van der Waals surface area contributed by atoms with Crippen LogP contribution >= 0.6 is 23.2 Å². The number of carboxylic acids is 1. The molecule has 3 aromatic rings. The number of hydrogen-bond donors (Lipinski definition) is 4. The number of aliphatic carboxylic acids is 1. The molecule has 35 heavy (non-hydrogen) atoms. The van der Waals surface area contributed by atoms with E-state index in [1.807, 2.05) is 19.1 Å². The molecule has 0 fully saturated rings. The fourth-order valence-electron chi connectivity index (χ4n) is 3.26. The average molecular weight is 518 g/mol. The molecule has 3 rings (SSSR count). The van der Waals surface area contributed by atoms with Crippen LogP contribution in [0.5, 0.6) is 11.5 Å². The fourth-order valence-corrected chi connectivity index (χ4v) is 3.59. The zero-order valence-electron chi connectivity index (χ0n) is 18.9. The van der Waals surface area contributed by atoms with Crippen molar-refractivity contribution in [1.82, 2.24) is 0 Å². The first-order valence-electron chi connectivity index (χ1n) is 10.7. The van der Waals surface area contributed by atoms with Crippen molar-refractivity contribution in [3.8, 4) is 11.5 Å². The summed E-state index contributed by atoms with van der Waals surface area (Å²) in [5.41, 5.74) is 8.50. The van der Waals surface area contributed by atoms with Crippen LogP contribution in [-0.2, 0) is 17.9 Å². The van der Waals surface area contributed by atoms with Crippen molar-refractivity contribution < 1.29 is 24.2 Å². The molecule has 0 spiro atoms. The van der Waals surface area contributed by atoms with Gasteiger partial charge in [-0.1, -0.05) is 47.5 Å². The van der Waals surface area contributed by atoms with Crippen LogP contribution in [0.3, 0.4) is 0 Å². The van der Waals surface area contributed by atoms with Crippen LogP contribution in [-0.4, -0.2) is 30.2 Å². The number of carbonyl (C=O) groups excluding carboxylic acids is 1. The van der Waals surface area contributed by atoms with Crippen LogP contribution in [0.15, 0.2) is 54.6 Å². The highest BCUT2D eigenvalue weighted by molar-refractivity contribution is 6.42. The smallest absolute Gasteiger partial charge is 0.341 e. The molecule has 8 nitrogen and oxygen atoms in total. The highest BCUT2D eigenvalue weighted by Crippen LogP contribution is 2.34. The monoisotopic (exact) mass is 517 g/mol. The molecule has 3 aromatic carbocycles. The topological polar surface area (TPSA) is 123 Å². The first-order valence-corrected chi connectivity index (χ1v) is 11.5. The third kappa shape index (κ3) is 7.02. The zero-order chi connectivity index (χ0) is 25.4. The lowest BCUT2D eigenvalue weighted by Gasteiger charge is -2.17. The molecule has 5 N–H and O–H groups in total. The predicted octanol–water partition coefficient (Wildman–Crippen LogP) is 5.18. The molecule has 0 aliphatic rings. The van der Waals surface area contributed by atoms with Crippen LogP contribution < -0.4 is 25.8 Å². The molecular weight excluding hydrogens is 493 g/mol. The van der Waals surface area contributed by atoms with Gasteiger partial charge >= 0.3 is 5.97 Å². The van der Waals surface area contributed by atoms with E-state index in [0.717, 1.165) is 5.56 Å². The molecule has 0 saturated heterocycles. The number of benzene rings is 3. The highest BCUT2D eigenvalue weighted by Gasteiger charge is 2.17. The van der Waals surface area contributed by atoms with Crippen LogP contribution in [0.1, 0.15) is 28.4 Å². The zero-order valence-corrected chi connectivity index (χ0v) is 20.4. The molecule has 0 aliphatic heterocycles. The van der Waals surface area contributed by atoms with Gasteiger partial charge in [-0.25, -0.2) is 4.79 Å². The Kier molecular flexibility index (Phi) is 9.19. The van der Waals surface area contributed by atoms with Crippen LogP contribution in [0.25, 0.3) is 0 Å². The molecule has 0 radical (unpaired) electrons. The van der Waals surface area contributed by atoms with Crippen LogP contribution in [0, 0.1) is 0 Å². The summed E-state index contributed by atoms with van der Waals surface area (Å²) < 4.78 is 11.1. The number of anilines is 2. The van der Waals surface area contributed by atoms with Crippen molar-refractivity contribution in [3.05, 3.63) is 81.3 Å². The van der Waals surface area contributed by atoms with Gasteiger partial charge in [-0.15, -0.1) is 0 Å². The molecule has 184 valence electrons. The molecule has 1 amide bonds. The van der Waals surface area contributed by atoms with Crippen molar-refractivity contribution in [2.75, 3.05) is 23.8 Å². The fraction of sp³-hybridized carbons (Fsp3) is 0.200. The van der Waals surface area contributed by atoms with Crippen molar-refractivity contribution >= 4 is 46.5 Å². The lowest BCUT2D eigenvalue weighted by molar-refractivity contribution is -0.139. The van der Waals surface area contributed by atoms with E-state index in [-0.39, 0.29) is 22.2 Å². The van der Waals surface area contributed by atoms with Gasteiger partial charge in [0.2, 0.25) is 0 Å². The van der Waals surface area contributed by atoms with Gasteiger partial charge in [0.1, 0.15) is 0 Å². The Morgan fingerprint density at radius 2 is 1.74 bits per heavy atom. The molecule has 0 aromatic heterocycles. The Morgan fingerprint density at radius 3 is 2.40 bits per heavy atom. The van der Waals surface area contributed by atoms with Crippen molar-refractivity contribution in [2.45, 2.75) is 20.0 Å². The summed E-state index contributed by atoms with van der Waals surface area (Å²) in [6, 6.07) is 15.4. The number of ether oxygens (including phenoxy) is 2. The third-order valence-corrected chi connectivity index (χ3v) is 5.64. The summed E-state index contributed by atoms with van der Waals surface area (Å²) in [6.45, 7) is 2.26. The maximum absolute atomic E-state index is 13.1. The first kappa shape index (κ1) is 26.2. The number of para-hydroxylation sites is 1. The summed E-state index contributed by atoms with van der Waals surface area (Å²) in [5.74, 6) is -0.786. The lowest BCUT2D eigenvalue weighted by Crippen LogP contribution is -2.16. The number of rotatable bonds is 11. The lowest BCUT2D eigenvalue weighted by atomic mass is 10.1. The number of carboxylic acid groups (broad SMARTS) is 1. The van der Waals surface area contributed by atoms with E-state index in [2.05, 4.69) is 10.6 Å². The maximum atomic E-state index is 13.1. The standard InChI is InChI=1S/C25H25Cl2N3O5/c1-2-34-22-5-3-4-16(24(22)35-14-23(31)32)13-29-21-11-20(27)19(26)10-18(21)25(33)30-17-8-6-15(12-28)7-9-17/h3-11,29H,2,12-14,28H2,1H3,(H,30,33)(H,31,32). The van der Waals surface area contributed by atoms with E-state index < -0.39 is 18.5 Å². The average Bonchev–Trinajstić information content (AvgIpc) is 2.84. The van der Waals surface area contributed by atoms with Gasteiger partial charge < -0.3 is 30.9 Å². The van der Waals surface area contributed by atoms with Crippen molar-refractivity contribution in [3.63, 3.8) is 0 Å². The number of carbonyl (C=O) groups is 2. The van der Waals surface area contributed by atoms with E-state index in [0.29, 0.717) is 41.6 Å². The highest BCUT2D eigenvalue weighted by atomic mass is 35.5. The minimum atomic E-state index is -1.11. The first-order chi connectivity index (χ1) is 16.8. The van der Waals surface area contributed by atoms with Gasteiger partial charge in [-0.3, -0.25) is 4.79 Å². The van der Waals surface area contributed by atoms with E-state index in [4.69, 9.17) is 43.5 Å². The summed E-state index contributed by atoms with van der Waals surface area (Å²) in [5, 5.41) is 15.5. The SMILES string of the molecule is CCOc1cccc(CNc2cc(Cl)c(Cl)cc2C(=O)Nc2ccc(CN)cc2)c1OCC(=O)O. The number of halogens is 2. The molecule has 0 bridgehead atoms. The molecular formula is C25H25Cl2N3O5. The molecule has 0 heterocycles. The Bertz CT molecular complexity index is 1200. The summed E-state index contributed by atoms with van der Waals surface area (Å²) >= 11 is 12.4. The minimum absolute atomic E-state index is 0.194. The van der Waals surface area contributed by atoms with Crippen LogP contribution in [0.2, 0.25) is 10.0 Å². The Balaban J connectivity index is 1.86. The van der Waals surface area contributed by atoms with E-state index in [9.17, 15) is 9.59 Å². The van der Waals surface area contributed by atoms with E-state index in [1.165, 1.54) is 6.07 Å². The second kappa shape index (κ2) is 12.3.